The predicted molar refractivity (Wildman–Crippen MR) is 106 cm³/mol. The van der Waals surface area contributed by atoms with E-state index in [2.05, 4.69) is 15.9 Å². The molecule has 3 rings (SSSR count). The molecule has 0 amide bonds. The molecule has 3 aromatic rings. The summed E-state index contributed by atoms with van der Waals surface area (Å²) < 4.78 is 52.2. The van der Waals surface area contributed by atoms with Crippen LogP contribution in [0.25, 0.3) is 0 Å². The molecule has 0 heterocycles. The van der Waals surface area contributed by atoms with Gasteiger partial charge in [0.2, 0.25) is 0 Å². The van der Waals surface area contributed by atoms with Gasteiger partial charge in [0, 0.05) is 4.47 Å². The monoisotopic (exact) mass is 450 g/mol. The Bertz CT molecular complexity index is 880. The summed E-state index contributed by atoms with van der Waals surface area (Å²) in [4.78, 5) is 0. The van der Waals surface area contributed by atoms with Gasteiger partial charge in [0.1, 0.15) is 17.4 Å². The molecular formula is C22H18BrF3O2. The van der Waals surface area contributed by atoms with Crippen LogP contribution in [0.15, 0.2) is 83.3 Å². The average molecular weight is 451 g/mol. The molecule has 0 aliphatic carbocycles. The summed E-state index contributed by atoms with van der Waals surface area (Å²) >= 11 is 3.23. The third kappa shape index (κ3) is 5.84. The highest BCUT2D eigenvalue weighted by Gasteiger charge is 2.40. The first-order chi connectivity index (χ1) is 13.4. The molecule has 0 aliphatic rings. The molecule has 0 radical (unpaired) electrons. The SMILES string of the molecule is FC(F)(F)C(COCc1cccc(Oc2ccccc2)c1)c1ccc(Br)cc1. The van der Waals surface area contributed by atoms with Crippen LogP contribution in [-0.2, 0) is 11.3 Å². The highest BCUT2D eigenvalue weighted by atomic mass is 79.9. The molecule has 0 N–H and O–H groups in total. The second-order valence-corrected chi connectivity index (χ2v) is 7.14. The average Bonchev–Trinajstić information content (AvgIpc) is 2.66. The predicted octanol–water partition coefficient (Wildman–Crippen LogP) is 7.10. The molecule has 3 aromatic carbocycles. The van der Waals surface area contributed by atoms with Crippen LogP contribution in [0.4, 0.5) is 13.2 Å². The Morgan fingerprint density at radius 2 is 1.50 bits per heavy atom. The van der Waals surface area contributed by atoms with Crippen LogP contribution in [0.3, 0.4) is 0 Å². The summed E-state index contributed by atoms with van der Waals surface area (Å²) in [5, 5.41) is 0. The van der Waals surface area contributed by atoms with Crippen molar-refractivity contribution >= 4 is 15.9 Å². The van der Waals surface area contributed by atoms with Gasteiger partial charge in [-0.05, 0) is 47.5 Å². The molecule has 0 saturated carbocycles. The van der Waals surface area contributed by atoms with E-state index in [4.69, 9.17) is 9.47 Å². The van der Waals surface area contributed by atoms with E-state index < -0.39 is 18.7 Å². The third-order valence-corrected chi connectivity index (χ3v) is 4.63. The lowest BCUT2D eigenvalue weighted by Gasteiger charge is -2.21. The van der Waals surface area contributed by atoms with Gasteiger partial charge in [-0.1, -0.05) is 58.4 Å². The first-order valence-corrected chi connectivity index (χ1v) is 9.43. The molecule has 0 aliphatic heterocycles. The molecule has 2 nitrogen and oxygen atoms in total. The Balaban J connectivity index is 1.62. The van der Waals surface area contributed by atoms with Gasteiger partial charge in [-0.3, -0.25) is 0 Å². The maximum atomic E-state index is 13.4. The van der Waals surface area contributed by atoms with E-state index in [0.29, 0.717) is 11.5 Å². The topological polar surface area (TPSA) is 18.5 Å². The van der Waals surface area contributed by atoms with Crippen molar-refractivity contribution in [3.63, 3.8) is 0 Å². The van der Waals surface area contributed by atoms with Crippen LogP contribution >= 0.6 is 15.9 Å². The van der Waals surface area contributed by atoms with Crippen molar-refractivity contribution < 1.29 is 22.6 Å². The van der Waals surface area contributed by atoms with Crippen LogP contribution in [0.2, 0.25) is 0 Å². The van der Waals surface area contributed by atoms with Crippen LogP contribution in [0.1, 0.15) is 17.0 Å². The molecule has 0 aromatic heterocycles. The zero-order chi connectivity index (χ0) is 20.0. The van der Waals surface area contributed by atoms with E-state index in [1.165, 1.54) is 12.1 Å². The number of benzene rings is 3. The third-order valence-electron chi connectivity index (χ3n) is 4.10. The lowest BCUT2D eigenvalue weighted by atomic mass is 9.99. The zero-order valence-electron chi connectivity index (χ0n) is 14.8. The molecule has 0 saturated heterocycles. The second-order valence-electron chi connectivity index (χ2n) is 6.22. The van der Waals surface area contributed by atoms with E-state index in [0.717, 1.165) is 10.0 Å². The Morgan fingerprint density at radius 3 is 2.18 bits per heavy atom. The Kier molecular flexibility index (Phi) is 6.75. The van der Waals surface area contributed by atoms with Crippen LogP contribution in [0.5, 0.6) is 11.5 Å². The fourth-order valence-corrected chi connectivity index (χ4v) is 2.96. The summed E-state index contributed by atoms with van der Waals surface area (Å²) in [6, 6.07) is 22.5. The molecule has 0 spiro atoms. The largest absolute Gasteiger partial charge is 0.457 e. The minimum absolute atomic E-state index is 0.0646. The highest BCUT2D eigenvalue weighted by Crippen LogP contribution is 2.35. The zero-order valence-corrected chi connectivity index (χ0v) is 16.4. The van der Waals surface area contributed by atoms with Crippen molar-refractivity contribution in [2.45, 2.75) is 18.7 Å². The second kappa shape index (κ2) is 9.26. The summed E-state index contributed by atoms with van der Waals surface area (Å²) in [6.45, 7) is -0.385. The maximum Gasteiger partial charge on any atom is 0.397 e. The number of para-hydroxylation sites is 1. The van der Waals surface area contributed by atoms with Crippen LogP contribution in [-0.4, -0.2) is 12.8 Å². The quantitative estimate of drug-likeness (QED) is 0.381. The van der Waals surface area contributed by atoms with Gasteiger partial charge in [-0.25, -0.2) is 0 Å². The van der Waals surface area contributed by atoms with E-state index in [-0.39, 0.29) is 12.2 Å². The molecule has 28 heavy (non-hydrogen) atoms. The molecule has 6 heteroatoms. The number of alkyl halides is 3. The fourth-order valence-electron chi connectivity index (χ4n) is 2.69. The standard InChI is InChI=1S/C22H18BrF3O2/c23-18-11-9-17(10-12-18)21(22(24,25)26)15-27-14-16-5-4-8-20(13-16)28-19-6-2-1-3-7-19/h1-13,21H,14-15H2. The Morgan fingerprint density at radius 1 is 0.821 bits per heavy atom. The van der Waals surface area contributed by atoms with Gasteiger partial charge in [0.25, 0.3) is 0 Å². The Labute approximate surface area is 170 Å². The van der Waals surface area contributed by atoms with Gasteiger partial charge in [-0.2, -0.15) is 13.2 Å². The van der Waals surface area contributed by atoms with Gasteiger partial charge >= 0.3 is 6.18 Å². The van der Waals surface area contributed by atoms with Gasteiger partial charge in [0.05, 0.1) is 13.2 Å². The van der Waals surface area contributed by atoms with Crippen molar-refractivity contribution in [1.82, 2.24) is 0 Å². The lowest BCUT2D eigenvalue weighted by Crippen LogP contribution is -2.25. The number of ether oxygens (including phenoxy) is 2. The summed E-state index contributed by atoms with van der Waals surface area (Å²) in [5.41, 5.74) is 0.919. The maximum absolute atomic E-state index is 13.4. The smallest absolute Gasteiger partial charge is 0.397 e. The van der Waals surface area contributed by atoms with Gasteiger partial charge in [0.15, 0.2) is 0 Å². The highest BCUT2D eigenvalue weighted by molar-refractivity contribution is 9.10. The Hall–Kier alpha value is -2.31. The number of hydrogen-bond acceptors (Lipinski definition) is 2. The molecule has 1 unspecified atom stereocenters. The summed E-state index contributed by atoms with van der Waals surface area (Å²) in [6.07, 6.45) is -4.38. The van der Waals surface area contributed by atoms with E-state index in [1.54, 1.807) is 36.4 Å². The van der Waals surface area contributed by atoms with Crippen molar-refractivity contribution in [2.75, 3.05) is 6.61 Å². The summed E-state index contributed by atoms with van der Waals surface area (Å²) in [5.74, 6) is -0.384. The summed E-state index contributed by atoms with van der Waals surface area (Å²) in [7, 11) is 0. The molecule has 1 atom stereocenters. The number of rotatable bonds is 7. The van der Waals surface area contributed by atoms with Crippen molar-refractivity contribution in [2.24, 2.45) is 0 Å². The van der Waals surface area contributed by atoms with Crippen molar-refractivity contribution in [3.8, 4) is 11.5 Å². The van der Waals surface area contributed by atoms with E-state index in [1.807, 2.05) is 30.3 Å². The first kappa shape index (κ1) is 20.4. The normalized spacial score (nSPS) is 12.6. The fraction of sp³-hybridized carbons (Fsp3) is 0.182. The molecular weight excluding hydrogens is 433 g/mol. The van der Waals surface area contributed by atoms with Gasteiger partial charge < -0.3 is 9.47 Å². The van der Waals surface area contributed by atoms with E-state index in [9.17, 15) is 13.2 Å². The van der Waals surface area contributed by atoms with Crippen molar-refractivity contribution in [1.29, 1.82) is 0 Å². The van der Waals surface area contributed by atoms with Gasteiger partial charge in [-0.15, -0.1) is 0 Å². The van der Waals surface area contributed by atoms with Crippen molar-refractivity contribution in [3.05, 3.63) is 94.5 Å². The lowest BCUT2D eigenvalue weighted by molar-refractivity contribution is -0.163. The van der Waals surface area contributed by atoms with Crippen LogP contribution in [0, 0.1) is 0 Å². The molecule has 0 bridgehead atoms. The van der Waals surface area contributed by atoms with Crippen LogP contribution < -0.4 is 4.74 Å². The number of halogens is 4. The minimum Gasteiger partial charge on any atom is -0.457 e. The minimum atomic E-state index is -4.38. The van der Waals surface area contributed by atoms with E-state index >= 15 is 0 Å². The molecule has 146 valence electrons. The first-order valence-electron chi connectivity index (χ1n) is 8.63. The number of hydrogen-bond donors (Lipinski definition) is 0. The molecule has 0 fully saturated rings.